The summed E-state index contributed by atoms with van der Waals surface area (Å²) in [7, 11) is 0. The molecule has 0 unspecified atom stereocenters. The molecule has 3 nitrogen and oxygen atoms in total. The number of nitrogens with zero attached hydrogens (tertiary/aromatic N) is 1. The van der Waals surface area contributed by atoms with Gasteiger partial charge in [0.05, 0.1) is 13.0 Å². The second-order valence-electron chi connectivity index (χ2n) is 6.67. The van der Waals surface area contributed by atoms with E-state index in [2.05, 4.69) is 12.1 Å². The van der Waals surface area contributed by atoms with Crippen LogP contribution in [-0.4, -0.2) is 30.5 Å². The van der Waals surface area contributed by atoms with Crippen LogP contribution < -0.4 is 4.74 Å². The molecule has 2 aromatic rings. The lowest BCUT2D eigenvalue weighted by molar-refractivity contribution is -0.129. The molecule has 130 valence electrons. The largest absolute Gasteiger partial charge is 0.493 e. The first-order valence-electron chi connectivity index (χ1n) is 8.58. The topological polar surface area (TPSA) is 29.5 Å². The molecule has 0 bridgehead atoms. The summed E-state index contributed by atoms with van der Waals surface area (Å²) in [4.78, 5) is 14.4. The van der Waals surface area contributed by atoms with Crippen molar-refractivity contribution in [2.45, 2.75) is 25.2 Å². The highest BCUT2D eigenvalue weighted by Crippen LogP contribution is 2.33. The van der Waals surface area contributed by atoms with Crippen LogP contribution in [0.15, 0.2) is 36.4 Å². The van der Waals surface area contributed by atoms with Gasteiger partial charge < -0.3 is 9.64 Å². The van der Waals surface area contributed by atoms with E-state index in [1.54, 1.807) is 12.1 Å². The number of benzene rings is 2. The van der Waals surface area contributed by atoms with Crippen LogP contribution in [0.25, 0.3) is 0 Å². The molecule has 2 aliphatic heterocycles. The Hall–Kier alpha value is -2.07. The molecular weight excluding hydrogens is 341 g/mol. The number of fused-ring (bicyclic) bond motifs is 1. The van der Waals surface area contributed by atoms with E-state index in [0.29, 0.717) is 24.0 Å². The molecule has 1 atom stereocenters. The lowest BCUT2D eigenvalue weighted by atomic mass is 9.96. The maximum Gasteiger partial charge on any atom is 0.227 e. The molecule has 0 radical (unpaired) electrons. The van der Waals surface area contributed by atoms with Crippen LogP contribution in [0.3, 0.4) is 0 Å². The van der Waals surface area contributed by atoms with Crippen LogP contribution in [0.5, 0.6) is 5.75 Å². The van der Waals surface area contributed by atoms with Crippen LogP contribution >= 0.6 is 11.6 Å². The fourth-order valence-electron chi connectivity index (χ4n) is 3.68. The lowest BCUT2D eigenvalue weighted by Gasteiger charge is -2.18. The Morgan fingerprint density at radius 2 is 2.20 bits per heavy atom. The Labute approximate surface area is 151 Å². The molecule has 2 aliphatic rings. The van der Waals surface area contributed by atoms with E-state index in [1.165, 1.54) is 17.2 Å². The molecule has 2 aromatic carbocycles. The van der Waals surface area contributed by atoms with Gasteiger partial charge in [0.2, 0.25) is 5.91 Å². The second-order valence-corrected chi connectivity index (χ2v) is 7.08. The first-order valence-corrected chi connectivity index (χ1v) is 8.96. The first-order chi connectivity index (χ1) is 12.1. The van der Waals surface area contributed by atoms with E-state index < -0.39 is 5.82 Å². The van der Waals surface area contributed by atoms with Gasteiger partial charge in [-0.1, -0.05) is 29.8 Å². The fraction of sp³-hybridized carbons (Fsp3) is 0.350. The van der Waals surface area contributed by atoms with E-state index in [0.717, 1.165) is 25.2 Å². The number of carbonyl (C=O) groups is 1. The number of amides is 1. The van der Waals surface area contributed by atoms with Crippen molar-refractivity contribution in [3.63, 3.8) is 0 Å². The minimum atomic E-state index is -0.421. The van der Waals surface area contributed by atoms with Gasteiger partial charge in [-0.3, -0.25) is 4.79 Å². The van der Waals surface area contributed by atoms with Crippen LogP contribution in [0.1, 0.15) is 29.0 Å². The number of ether oxygens (including phenoxy) is 1. The molecule has 0 spiro atoms. The first kappa shape index (κ1) is 16.4. The van der Waals surface area contributed by atoms with Gasteiger partial charge in [-0.25, -0.2) is 4.39 Å². The van der Waals surface area contributed by atoms with Gasteiger partial charge in [0.25, 0.3) is 0 Å². The molecule has 0 aromatic heterocycles. The standard InChI is InChI=1S/C20H19ClFNO2/c21-17-2-1-3-18(22)16(17)11-20(24)23-8-6-15(12-23)13-4-5-19-14(10-13)7-9-25-19/h1-5,10,15H,6-9,11-12H2/t15-/m1/s1. The highest BCUT2D eigenvalue weighted by Gasteiger charge is 2.29. The predicted molar refractivity (Wildman–Crippen MR) is 94.7 cm³/mol. The van der Waals surface area contributed by atoms with Gasteiger partial charge >= 0.3 is 0 Å². The molecule has 2 heterocycles. The molecule has 0 aliphatic carbocycles. The normalized spacial score (nSPS) is 19.0. The fourth-order valence-corrected chi connectivity index (χ4v) is 3.91. The summed E-state index contributed by atoms with van der Waals surface area (Å²) in [5, 5.41) is 0.308. The van der Waals surface area contributed by atoms with E-state index in [-0.39, 0.29) is 17.9 Å². The Bertz CT molecular complexity index is 803. The Balaban J connectivity index is 1.44. The van der Waals surface area contributed by atoms with E-state index in [1.807, 2.05) is 11.0 Å². The quantitative estimate of drug-likeness (QED) is 0.829. The minimum Gasteiger partial charge on any atom is -0.493 e. The van der Waals surface area contributed by atoms with Crippen LogP contribution in [0, 0.1) is 5.82 Å². The van der Waals surface area contributed by atoms with Crippen molar-refractivity contribution in [3.05, 3.63) is 63.9 Å². The third-order valence-corrected chi connectivity index (χ3v) is 5.47. The van der Waals surface area contributed by atoms with Gasteiger partial charge in [0.15, 0.2) is 0 Å². The highest BCUT2D eigenvalue weighted by atomic mass is 35.5. The zero-order valence-corrected chi connectivity index (χ0v) is 14.6. The summed E-state index contributed by atoms with van der Waals surface area (Å²) in [5.74, 6) is 0.809. The van der Waals surface area contributed by atoms with E-state index in [9.17, 15) is 9.18 Å². The maximum atomic E-state index is 13.9. The molecule has 25 heavy (non-hydrogen) atoms. The van der Waals surface area contributed by atoms with Crippen molar-refractivity contribution in [1.82, 2.24) is 4.90 Å². The van der Waals surface area contributed by atoms with Crippen molar-refractivity contribution >= 4 is 17.5 Å². The van der Waals surface area contributed by atoms with Crippen molar-refractivity contribution in [2.75, 3.05) is 19.7 Å². The molecule has 5 heteroatoms. The van der Waals surface area contributed by atoms with Gasteiger partial charge in [-0.2, -0.15) is 0 Å². The third-order valence-electron chi connectivity index (χ3n) is 5.12. The summed E-state index contributed by atoms with van der Waals surface area (Å²) in [6, 6.07) is 10.8. The summed E-state index contributed by atoms with van der Waals surface area (Å²) in [5.41, 5.74) is 2.79. The zero-order chi connectivity index (χ0) is 17.4. The highest BCUT2D eigenvalue weighted by molar-refractivity contribution is 6.31. The Morgan fingerprint density at radius 3 is 3.04 bits per heavy atom. The maximum absolute atomic E-state index is 13.9. The van der Waals surface area contributed by atoms with Crippen molar-refractivity contribution in [3.8, 4) is 5.75 Å². The summed E-state index contributed by atoms with van der Waals surface area (Å²) >= 11 is 6.04. The van der Waals surface area contributed by atoms with Gasteiger partial charge in [-0.15, -0.1) is 0 Å². The summed E-state index contributed by atoms with van der Waals surface area (Å²) in [6.07, 6.45) is 1.89. The number of halogens is 2. The van der Waals surface area contributed by atoms with Crippen LogP contribution in [-0.2, 0) is 17.6 Å². The van der Waals surface area contributed by atoms with Crippen LogP contribution in [0.2, 0.25) is 5.02 Å². The Morgan fingerprint density at radius 1 is 1.32 bits per heavy atom. The molecule has 1 fully saturated rings. The summed E-state index contributed by atoms with van der Waals surface area (Å²) < 4.78 is 19.5. The molecular formula is C20H19ClFNO2. The Kier molecular flexibility index (Phi) is 4.38. The van der Waals surface area contributed by atoms with Crippen molar-refractivity contribution < 1.29 is 13.9 Å². The second kappa shape index (κ2) is 6.68. The van der Waals surface area contributed by atoms with E-state index >= 15 is 0 Å². The smallest absolute Gasteiger partial charge is 0.227 e. The van der Waals surface area contributed by atoms with Crippen LogP contribution in [0.4, 0.5) is 4.39 Å². The minimum absolute atomic E-state index is 0.0102. The SMILES string of the molecule is O=C(Cc1c(F)cccc1Cl)N1CC[C@@H](c2ccc3c(c2)CCO3)C1. The average molecular weight is 360 g/mol. The van der Waals surface area contributed by atoms with Crippen molar-refractivity contribution in [1.29, 1.82) is 0 Å². The number of likely N-dealkylation sites (tertiary alicyclic amines) is 1. The third kappa shape index (κ3) is 3.23. The molecule has 0 N–H and O–H groups in total. The molecule has 1 amide bonds. The number of hydrogen-bond donors (Lipinski definition) is 0. The molecule has 1 saturated heterocycles. The van der Waals surface area contributed by atoms with Gasteiger partial charge in [0.1, 0.15) is 11.6 Å². The summed E-state index contributed by atoms with van der Waals surface area (Å²) in [6.45, 7) is 2.12. The molecule has 4 rings (SSSR count). The number of carbonyl (C=O) groups excluding carboxylic acids is 1. The van der Waals surface area contributed by atoms with E-state index in [4.69, 9.17) is 16.3 Å². The van der Waals surface area contributed by atoms with Crippen molar-refractivity contribution in [2.24, 2.45) is 0 Å². The average Bonchev–Trinajstić information content (AvgIpc) is 3.26. The van der Waals surface area contributed by atoms with Gasteiger partial charge in [0, 0.05) is 36.0 Å². The number of hydrogen-bond acceptors (Lipinski definition) is 2. The molecule has 0 saturated carbocycles. The predicted octanol–water partition coefficient (Wildman–Crippen LogP) is 3.97. The van der Waals surface area contributed by atoms with Gasteiger partial charge in [-0.05, 0) is 35.7 Å². The lowest BCUT2D eigenvalue weighted by Crippen LogP contribution is -2.30. The monoisotopic (exact) mass is 359 g/mol. The zero-order valence-electron chi connectivity index (χ0n) is 13.8. The number of rotatable bonds is 3.